The molecule has 1 N–H and O–H groups in total. The van der Waals surface area contributed by atoms with Crippen LogP contribution in [0.4, 0.5) is 5.69 Å². The van der Waals surface area contributed by atoms with Crippen LogP contribution >= 0.6 is 0 Å². The molecule has 0 amide bonds. The van der Waals surface area contributed by atoms with E-state index in [9.17, 15) is 0 Å². The Kier molecular flexibility index (Phi) is 4.59. The van der Waals surface area contributed by atoms with Gasteiger partial charge in [-0.1, -0.05) is 19.4 Å². The quantitative estimate of drug-likeness (QED) is 0.772. The number of methoxy groups -OCH3 is 2. The predicted molar refractivity (Wildman–Crippen MR) is 114 cm³/mol. The zero-order valence-electron chi connectivity index (χ0n) is 18.2. The third kappa shape index (κ3) is 2.46. The minimum atomic E-state index is -0.279. The second-order valence-corrected chi connectivity index (χ2v) is 9.27. The number of benzene rings is 1. The largest absolute Gasteiger partial charge is 0.504 e. The van der Waals surface area contributed by atoms with Crippen molar-refractivity contribution in [1.29, 1.82) is 0 Å². The fraction of sp³-hybridized carbons (Fsp3) is 0.667. The molecule has 0 unspecified atom stereocenters. The molecule has 1 aromatic carbocycles. The van der Waals surface area contributed by atoms with Crippen molar-refractivity contribution in [3.8, 4) is 5.75 Å². The molecule has 5 nitrogen and oxygen atoms in total. The lowest BCUT2D eigenvalue weighted by molar-refractivity contribution is -0.111. The van der Waals surface area contributed by atoms with Crippen molar-refractivity contribution in [3.63, 3.8) is 0 Å². The van der Waals surface area contributed by atoms with Crippen LogP contribution < -0.4 is 10.1 Å². The topological polar surface area (TPSA) is 43.0 Å². The second-order valence-electron chi connectivity index (χ2n) is 9.27. The Bertz CT molecular complexity index is 824. The smallest absolute Gasteiger partial charge is 0.127 e. The van der Waals surface area contributed by atoms with Gasteiger partial charge in [0, 0.05) is 24.8 Å². The SMILES string of the molecule is CC[C@@H]1CN2CC[C@@]34OCC[C@@]3(Nc3cccc(OC)c34)[C@@H]2C[C@@H]1/C(C)=C\OC. The highest BCUT2D eigenvalue weighted by molar-refractivity contribution is 5.70. The van der Waals surface area contributed by atoms with Gasteiger partial charge in [-0.05, 0) is 55.7 Å². The lowest BCUT2D eigenvalue weighted by Crippen LogP contribution is -2.70. The summed E-state index contributed by atoms with van der Waals surface area (Å²) in [6, 6.07) is 6.82. The van der Waals surface area contributed by atoms with Crippen molar-refractivity contribution in [2.75, 3.05) is 39.2 Å². The molecule has 158 valence electrons. The number of rotatable bonds is 4. The van der Waals surface area contributed by atoms with E-state index < -0.39 is 0 Å². The van der Waals surface area contributed by atoms with E-state index in [1.54, 1.807) is 14.2 Å². The first-order valence-electron chi connectivity index (χ1n) is 11.1. The minimum absolute atomic E-state index is 0.0769. The predicted octanol–water partition coefficient (Wildman–Crippen LogP) is 4.15. The maximum absolute atomic E-state index is 6.67. The van der Waals surface area contributed by atoms with Crippen molar-refractivity contribution in [3.05, 3.63) is 35.6 Å². The Hall–Kier alpha value is -1.72. The molecule has 1 aromatic rings. The fourth-order valence-electron chi connectivity index (χ4n) is 7.02. The molecule has 0 saturated carbocycles. The van der Waals surface area contributed by atoms with Crippen LogP contribution in [-0.4, -0.2) is 50.4 Å². The molecule has 0 aromatic heterocycles. The van der Waals surface area contributed by atoms with Crippen LogP contribution in [0.25, 0.3) is 0 Å². The van der Waals surface area contributed by atoms with Crippen LogP contribution in [0, 0.1) is 11.8 Å². The van der Waals surface area contributed by atoms with E-state index in [0.29, 0.717) is 17.9 Å². The zero-order chi connectivity index (χ0) is 20.2. The molecule has 5 atom stereocenters. The van der Waals surface area contributed by atoms with E-state index in [4.69, 9.17) is 14.2 Å². The van der Waals surface area contributed by atoms with Crippen LogP contribution in [0.2, 0.25) is 0 Å². The average molecular weight is 399 g/mol. The Labute approximate surface area is 174 Å². The summed E-state index contributed by atoms with van der Waals surface area (Å²) >= 11 is 0. The Balaban J connectivity index is 1.58. The summed E-state index contributed by atoms with van der Waals surface area (Å²) in [5, 5.41) is 4.00. The Morgan fingerprint density at radius 2 is 2.21 bits per heavy atom. The number of hydrogen-bond donors (Lipinski definition) is 1. The highest BCUT2D eigenvalue weighted by Gasteiger charge is 2.70. The molecular weight excluding hydrogens is 364 g/mol. The molecule has 0 bridgehead atoms. The van der Waals surface area contributed by atoms with E-state index in [0.717, 1.165) is 44.7 Å². The first kappa shape index (κ1) is 19.3. The summed E-state index contributed by atoms with van der Waals surface area (Å²) < 4.78 is 17.9. The summed E-state index contributed by atoms with van der Waals surface area (Å²) in [6.07, 6.45) is 6.39. The number of nitrogens with one attached hydrogen (secondary N) is 1. The van der Waals surface area contributed by atoms with Crippen LogP contribution in [0.1, 0.15) is 45.1 Å². The van der Waals surface area contributed by atoms with Gasteiger partial charge in [0.15, 0.2) is 0 Å². The summed E-state index contributed by atoms with van der Waals surface area (Å²) in [7, 11) is 3.54. The molecule has 0 spiro atoms. The highest BCUT2D eigenvalue weighted by atomic mass is 16.5. The molecule has 29 heavy (non-hydrogen) atoms. The number of ether oxygens (including phenoxy) is 3. The van der Waals surface area contributed by atoms with E-state index in [-0.39, 0.29) is 11.1 Å². The van der Waals surface area contributed by atoms with Crippen LogP contribution in [0.15, 0.2) is 30.0 Å². The maximum Gasteiger partial charge on any atom is 0.127 e. The standard InChI is InChI=1S/C24H34N2O3/c1-5-17-14-26-11-9-24-22-19(7-6-8-20(22)28-4)25-23(24,10-12-29-24)21(26)13-18(17)16(2)15-27-3/h6-8,15,17-18,21,25H,5,9-14H2,1-4H3/b16-15-/t17-,18-,21+,23-,24+/m1/s1. The molecule has 0 aliphatic carbocycles. The molecule has 3 fully saturated rings. The maximum atomic E-state index is 6.67. The van der Waals surface area contributed by atoms with Crippen molar-refractivity contribution >= 4 is 5.69 Å². The molecule has 5 heteroatoms. The number of nitrogens with zero attached hydrogens (tertiary/aromatic N) is 1. The first-order valence-corrected chi connectivity index (χ1v) is 11.1. The van der Waals surface area contributed by atoms with Gasteiger partial charge in [-0.25, -0.2) is 0 Å². The van der Waals surface area contributed by atoms with Crippen LogP contribution in [0.3, 0.4) is 0 Å². The third-order valence-electron chi connectivity index (χ3n) is 8.26. The Morgan fingerprint density at radius 3 is 2.97 bits per heavy atom. The van der Waals surface area contributed by atoms with Crippen molar-refractivity contribution in [2.45, 2.75) is 56.7 Å². The van der Waals surface area contributed by atoms with Gasteiger partial charge in [0.25, 0.3) is 0 Å². The lowest BCUT2D eigenvalue weighted by Gasteiger charge is -2.58. The number of fused-ring (bicyclic) bond motifs is 2. The third-order valence-corrected chi connectivity index (χ3v) is 8.26. The monoisotopic (exact) mass is 398 g/mol. The number of piperidine rings is 2. The van der Waals surface area contributed by atoms with Gasteiger partial charge in [0.05, 0.1) is 38.2 Å². The van der Waals surface area contributed by atoms with Gasteiger partial charge >= 0.3 is 0 Å². The summed E-state index contributed by atoms with van der Waals surface area (Å²) in [5.74, 6) is 2.20. The molecule has 5 rings (SSSR count). The number of hydrogen-bond acceptors (Lipinski definition) is 5. The summed E-state index contributed by atoms with van der Waals surface area (Å²) in [5.41, 5.74) is 3.46. The molecule has 4 aliphatic rings. The van der Waals surface area contributed by atoms with Gasteiger partial charge in [-0.15, -0.1) is 0 Å². The second kappa shape index (κ2) is 6.92. The summed E-state index contributed by atoms with van der Waals surface area (Å²) in [4.78, 5) is 2.75. The van der Waals surface area contributed by atoms with Gasteiger partial charge in [0.2, 0.25) is 0 Å². The van der Waals surface area contributed by atoms with Gasteiger partial charge < -0.3 is 19.5 Å². The molecule has 3 saturated heterocycles. The van der Waals surface area contributed by atoms with E-state index >= 15 is 0 Å². The molecule has 4 heterocycles. The average Bonchev–Trinajstić information content (AvgIpc) is 3.25. The first-order chi connectivity index (χ1) is 14.1. The number of anilines is 1. The van der Waals surface area contributed by atoms with Crippen LogP contribution in [-0.2, 0) is 15.1 Å². The number of allylic oxidation sites excluding steroid dienone is 1. The van der Waals surface area contributed by atoms with Gasteiger partial charge in [-0.3, -0.25) is 4.90 Å². The van der Waals surface area contributed by atoms with Gasteiger partial charge in [0.1, 0.15) is 11.4 Å². The highest BCUT2D eigenvalue weighted by Crippen LogP contribution is 2.63. The van der Waals surface area contributed by atoms with E-state index in [1.807, 2.05) is 6.26 Å². The van der Waals surface area contributed by atoms with Crippen LogP contribution in [0.5, 0.6) is 5.75 Å². The Morgan fingerprint density at radius 1 is 1.34 bits per heavy atom. The molecule has 0 radical (unpaired) electrons. The molecular formula is C24H34N2O3. The minimum Gasteiger partial charge on any atom is -0.504 e. The fourth-order valence-corrected chi connectivity index (χ4v) is 7.02. The summed E-state index contributed by atoms with van der Waals surface area (Å²) in [6.45, 7) is 7.63. The van der Waals surface area contributed by atoms with Crippen molar-refractivity contribution in [2.24, 2.45) is 11.8 Å². The van der Waals surface area contributed by atoms with E-state index in [2.05, 4.69) is 42.3 Å². The normalized spacial score (nSPS) is 38.5. The lowest BCUT2D eigenvalue weighted by atomic mass is 9.62. The van der Waals surface area contributed by atoms with Crippen molar-refractivity contribution < 1.29 is 14.2 Å². The van der Waals surface area contributed by atoms with Crippen molar-refractivity contribution in [1.82, 2.24) is 4.90 Å². The molecule has 4 aliphatic heterocycles. The van der Waals surface area contributed by atoms with E-state index in [1.165, 1.54) is 23.2 Å². The zero-order valence-corrected chi connectivity index (χ0v) is 18.2. The van der Waals surface area contributed by atoms with Gasteiger partial charge in [-0.2, -0.15) is 0 Å².